The van der Waals surface area contributed by atoms with Gasteiger partial charge in [0.2, 0.25) is 5.91 Å². The number of alkyl halides is 1. The van der Waals surface area contributed by atoms with Crippen LogP contribution in [0.25, 0.3) is 0 Å². The Morgan fingerprint density at radius 1 is 1.36 bits per heavy atom. The first kappa shape index (κ1) is 18.1. The Morgan fingerprint density at radius 3 is 3.00 bits per heavy atom. The van der Waals surface area contributed by atoms with Gasteiger partial charge < -0.3 is 4.90 Å². The second-order valence-electron chi connectivity index (χ2n) is 7.22. The summed E-state index contributed by atoms with van der Waals surface area (Å²) in [4.78, 5) is 16.8. The van der Waals surface area contributed by atoms with Crippen molar-refractivity contribution in [2.24, 2.45) is 0 Å². The monoisotopic (exact) mass is 344 g/mol. The van der Waals surface area contributed by atoms with Gasteiger partial charge in [-0.3, -0.25) is 14.1 Å². The summed E-state index contributed by atoms with van der Waals surface area (Å²) in [5.41, 5.74) is 3.99. The number of benzene rings is 1. The third kappa shape index (κ3) is 4.49. The van der Waals surface area contributed by atoms with Gasteiger partial charge in [0.25, 0.3) is 0 Å². The number of carbonyl (C=O) groups is 1. The lowest BCUT2D eigenvalue weighted by Gasteiger charge is -2.37. The molecular weight excluding hydrogens is 315 g/mol. The van der Waals surface area contributed by atoms with E-state index >= 15 is 0 Å². The minimum Gasteiger partial charge on any atom is -0.332 e. The molecule has 0 saturated carbocycles. The number of hydrogen-bond donors (Lipinski definition) is 0. The summed E-state index contributed by atoms with van der Waals surface area (Å²) in [5, 5.41) is 0. The number of hydrogen-bond acceptors (Lipinski definition) is 2. The van der Waals surface area contributed by atoms with Crippen LogP contribution < -0.4 is 0 Å². The predicted octanol–water partition coefficient (Wildman–Crippen LogP) is 3.90. The highest BCUT2D eigenvalue weighted by Gasteiger charge is 2.28. The van der Waals surface area contributed by atoms with E-state index in [2.05, 4.69) is 35.2 Å². The van der Waals surface area contributed by atoms with Gasteiger partial charge >= 0.3 is 0 Å². The molecule has 1 unspecified atom stereocenters. The average Bonchev–Trinajstić information content (AvgIpc) is 2.64. The Morgan fingerprint density at radius 2 is 2.20 bits per heavy atom. The van der Waals surface area contributed by atoms with Crippen LogP contribution in [0.2, 0.25) is 0 Å². The average molecular weight is 344 g/mol. The van der Waals surface area contributed by atoms with E-state index in [1.165, 1.54) is 16.7 Å². The van der Waals surface area contributed by atoms with Crippen LogP contribution in [0.5, 0.6) is 0 Å². The van der Waals surface area contributed by atoms with Crippen LogP contribution in [0.4, 0.5) is 4.39 Å². The van der Waals surface area contributed by atoms with Crippen molar-refractivity contribution in [1.29, 1.82) is 0 Å². The first-order valence-electron chi connectivity index (χ1n) is 9.50. The van der Waals surface area contributed by atoms with Crippen molar-refractivity contribution in [1.82, 2.24) is 9.80 Å². The lowest BCUT2D eigenvalue weighted by atomic mass is 9.86. The minimum absolute atomic E-state index is 0.142. The van der Waals surface area contributed by atoms with Crippen LogP contribution in [-0.2, 0) is 11.2 Å². The zero-order valence-corrected chi connectivity index (χ0v) is 15.2. The summed E-state index contributed by atoms with van der Waals surface area (Å²) in [5.74, 6) is 0.142. The zero-order chi connectivity index (χ0) is 17.6. The summed E-state index contributed by atoms with van der Waals surface area (Å²) >= 11 is 0. The molecule has 0 fully saturated rings. The normalized spacial score (nSPS) is 20.7. The molecule has 1 aliphatic carbocycles. The third-order valence-corrected chi connectivity index (χ3v) is 5.40. The molecule has 1 heterocycles. The molecule has 3 nitrogen and oxygen atoms in total. The fraction of sp³-hybridized carbons (Fsp3) is 0.571. The third-order valence-electron chi connectivity index (χ3n) is 5.40. The molecule has 3 rings (SSSR count). The van der Waals surface area contributed by atoms with E-state index in [0.717, 1.165) is 45.3 Å². The van der Waals surface area contributed by atoms with Gasteiger partial charge in [0.05, 0.1) is 12.7 Å². The van der Waals surface area contributed by atoms with Crippen LogP contribution in [-0.4, -0.2) is 48.6 Å². The van der Waals surface area contributed by atoms with Crippen molar-refractivity contribution in [3.05, 3.63) is 47.0 Å². The quantitative estimate of drug-likeness (QED) is 0.731. The first-order chi connectivity index (χ1) is 12.2. The highest BCUT2D eigenvalue weighted by molar-refractivity contribution is 5.74. The van der Waals surface area contributed by atoms with Gasteiger partial charge in [0.15, 0.2) is 0 Å². The molecule has 1 aliphatic heterocycles. The number of amides is 1. The summed E-state index contributed by atoms with van der Waals surface area (Å²) in [6.07, 6.45) is 7.14. The summed E-state index contributed by atoms with van der Waals surface area (Å²) in [6.45, 7) is 4.78. The molecule has 0 spiro atoms. The van der Waals surface area contributed by atoms with E-state index < -0.39 is 0 Å². The predicted molar refractivity (Wildman–Crippen MR) is 99.2 cm³/mol. The maximum Gasteiger partial charge on any atom is 0.220 e. The topological polar surface area (TPSA) is 23.6 Å². The van der Waals surface area contributed by atoms with E-state index in [9.17, 15) is 9.18 Å². The highest BCUT2D eigenvalue weighted by atomic mass is 19.1. The van der Waals surface area contributed by atoms with Gasteiger partial charge in [-0.2, -0.15) is 0 Å². The van der Waals surface area contributed by atoms with Gasteiger partial charge in [-0.05, 0) is 48.8 Å². The number of aryl methyl sites for hydroxylation is 1. The van der Waals surface area contributed by atoms with E-state index in [-0.39, 0.29) is 18.6 Å². The number of carbonyl (C=O) groups excluding carboxylic acids is 1. The number of nitrogens with zero attached hydrogens (tertiary/aromatic N) is 2. The number of halogens is 1. The van der Waals surface area contributed by atoms with Gasteiger partial charge in [-0.15, -0.1) is 0 Å². The maximum atomic E-state index is 12.5. The lowest BCUT2D eigenvalue weighted by Crippen LogP contribution is -2.40. The molecule has 4 heteroatoms. The molecular formula is C21H29FN2O. The smallest absolute Gasteiger partial charge is 0.220 e. The Balaban J connectivity index is 1.73. The molecule has 1 amide bonds. The minimum atomic E-state index is -0.256. The van der Waals surface area contributed by atoms with Crippen molar-refractivity contribution in [3.8, 4) is 0 Å². The standard InChI is InChI=1S/C21H29FN2O/c1-17(25)24(16-18-7-5-13-23(15-18)14-6-12-22)21-11-4-9-19-8-2-3-10-20(19)21/h2-3,7-8,10,21H,4-6,9,11-16H2,1H3. The maximum absolute atomic E-state index is 12.5. The van der Waals surface area contributed by atoms with Crippen LogP contribution in [0.1, 0.15) is 49.8 Å². The molecule has 1 atom stereocenters. The molecule has 0 bridgehead atoms. The fourth-order valence-corrected chi connectivity index (χ4v) is 4.18. The molecule has 0 N–H and O–H groups in total. The molecule has 2 aliphatic rings. The Hall–Kier alpha value is -1.68. The van der Waals surface area contributed by atoms with Crippen molar-refractivity contribution in [2.75, 3.05) is 32.9 Å². The Labute approximate surface area is 150 Å². The van der Waals surface area contributed by atoms with E-state index in [1.807, 2.05) is 4.90 Å². The molecule has 0 radical (unpaired) electrons. The molecule has 0 aromatic heterocycles. The van der Waals surface area contributed by atoms with E-state index in [4.69, 9.17) is 0 Å². The summed E-state index contributed by atoms with van der Waals surface area (Å²) in [6, 6.07) is 8.72. The SMILES string of the molecule is CC(=O)N(CC1=CCCN(CCCF)C1)C1CCCc2ccccc21. The largest absolute Gasteiger partial charge is 0.332 e. The highest BCUT2D eigenvalue weighted by Crippen LogP contribution is 2.35. The lowest BCUT2D eigenvalue weighted by molar-refractivity contribution is -0.131. The second kappa shape index (κ2) is 8.61. The fourth-order valence-electron chi connectivity index (χ4n) is 4.18. The van der Waals surface area contributed by atoms with Gasteiger partial charge in [0.1, 0.15) is 0 Å². The van der Waals surface area contributed by atoms with E-state index in [0.29, 0.717) is 13.0 Å². The van der Waals surface area contributed by atoms with Crippen molar-refractivity contribution in [2.45, 2.75) is 45.1 Å². The van der Waals surface area contributed by atoms with Crippen LogP contribution in [0.15, 0.2) is 35.9 Å². The molecule has 1 aromatic carbocycles. The number of rotatable bonds is 6. The Bertz CT molecular complexity index is 628. The second-order valence-corrected chi connectivity index (χ2v) is 7.22. The van der Waals surface area contributed by atoms with Crippen molar-refractivity contribution < 1.29 is 9.18 Å². The Kier molecular flexibility index (Phi) is 6.24. The molecule has 1 aromatic rings. The number of fused-ring (bicyclic) bond motifs is 1. The molecule has 25 heavy (non-hydrogen) atoms. The summed E-state index contributed by atoms with van der Waals surface area (Å²) in [7, 11) is 0. The van der Waals surface area contributed by atoms with Crippen molar-refractivity contribution >= 4 is 5.91 Å². The van der Waals surface area contributed by atoms with Gasteiger partial charge in [0, 0.05) is 33.1 Å². The van der Waals surface area contributed by atoms with Crippen LogP contribution in [0.3, 0.4) is 0 Å². The van der Waals surface area contributed by atoms with Crippen LogP contribution >= 0.6 is 0 Å². The molecule has 136 valence electrons. The van der Waals surface area contributed by atoms with Gasteiger partial charge in [-0.1, -0.05) is 30.3 Å². The van der Waals surface area contributed by atoms with Crippen molar-refractivity contribution in [3.63, 3.8) is 0 Å². The summed E-state index contributed by atoms with van der Waals surface area (Å²) < 4.78 is 12.5. The van der Waals surface area contributed by atoms with Crippen LogP contribution in [0, 0.1) is 0 Å². The van der Waals surface area contributed by atoms with E-state index in [1.54, 1.807) is 6.92 Å². The zero-order valence-electron chi connectivity index (χ0n) is 15.2. The molecule has 0 saturated heterocycles. The first-order valence-corrected chi connectivity index (χ1v) is 9.50. The van der Waals surface area contributed by atoms with Gasteiger partial charge in [-0.25, -0.2) is 0 Å².